The molecule has 0 radical (unpaired) electrons. The molecule has 21 heavy (non-hydrogen) atoms. The fourth-order valence-electron chi connectivity index (χ4n) is 2.17. The van der Waals surface area contributed by atoms with Crippen LogP contribution in [0.25, 0.3) is 0 Å². The third kappa shape index (κ3) is 4.79. The minimum atomic E-state index is 0.233. The molecule has 0 atom stereocenters. The van der Waals surface area contributed by atoms with Crippen LogP contribution in [0.3, 0.4) is 0 Å². The number of ether oxygens (including phenoxy) is 3. The molecule has 0 unspecified atom stereocenters. The monoisotopic (exact) mass is 296 g/mol. The Morgan fingerprint density at radius 1 is 0.857 bits per heavy atom. The molecule has 0 saturated carbocycles. The fraction of sp³-hybridized carbons (Fsp3) is 0.625. The van der Waals surface area contributed by atoms with Gasteiger partial charge in [0, 0.05) is 0 Å². The largest absolute Gasteiger partial charge is 0.490 e. The highest BCUT2D eigenvalue weighted by atomic mass is 16.5. The van der Waals surface area contributed by atoms with Crippen molar-refractivity contribution in [3.05, 3.63) is 17.7 Å². The van der Waals surface area contributed by atoms with E-state index in [0.717, 1.165) is 17.7 Å². The average Bonchev–Trinajstić information content (AvgIpc) is 2.50. The Bertz CT molecular complexity index is 420. The third-order valence-electron chi connectivity index (χ3n) is 3.21. The Morgan fingerprint density at radius 2 is 1.43 bits per heavy atom. The summed E-state index contributed by atoms with van der Waals surface area (Å²) in [6, 6.07) is 3.94. The summed E-state index contributed by atoms with van der Waals surface area (Å²) in [6.07, 6.45) is 0.773. The summed E-state index contributed by atoms with van der Waals surface area (Å²) in [5.74, 6) is 2.36. The van der Waals surface area contributed by atoms with Gasteiger partial charge in [-0.15, -0.1) is 0 Å². The van der Waals surface area contributed by atoms with Gasteiger partial charge < -0.3 is 25.7 Å². The van der Waals surface area contributed by atoms with Gasteiger partial charge in [0.25, 0.3) is 0 Å². The lowest BCUT2D eigenvalue weighted by molar-refractivity contribution is 0.258. The van der Waals surface area contributed by atoms with Crippen molar-refractivity contribution in [3.63, 3.8) is 0 Å². The molecule has 0 heterocycles. The van der Waals surface area contributed by atoms with Crippen LogP contribution in [0.1, 0.15) is 26.3 Å². The van der Waals surface area contributed by atoms with Crippen LogP contribution in [0.2, 0.25) is 0 Å². The highest BCUT2D eigenvalue weighted by Gasteiger charge is 2.19. The van der Waals surface area contributed by atoms with Gasteiger partial charge in [0.15, 0.2) is 11.5 Å². The fourth-order valence-corrected chi connectivity index (χ4v) is 2.17. The van der Waals surface area contributed by atoms with Crippen LogP contribution in [0, 0.1) is 5.92 Å². The first kappa shape index (κ1) is 17.6. The highest BCUT2D eigenvalue weighted by molar-refractivity contribution is 5.56. The van der Waals surface area contributed by atoms with E-state index < -0.39 is 0 Å². The molecule has 0 spiro atoms. The van der Waals surface area contributed by atoms with Crippen molar-refractivity contribution < 1.29 is 14.2 Å². The summed E-state index contributed by atoms with van der Waals surface area (Å²) < 4.78 is 17.2. The summed E-state index contributed by atoms with van der Waals surface area (Å²) in [5.41, 5.74) is 12.6. The summed E-state index contributed by atoms with van der Waals surface area (Å²) in [5, 5.41) is 0. The smallest absolute Gasteiger partial charge is 0.203 e. The highest BCUT2D eigenvalue weighted by Crippen LogP contribution is 2.41. The summed E-state index contributed by atoms with van der Waals surface area (Å²) in [4.78, 5) is 0. The van der Waals surface area contributed by atoms with Gasteiger partial charge in [0.05, 0.1) is 19.8 Å². The van der Waals surface area contributed by atoms with Gasteiger partial charge in [0.2, 0.25) is 5.75 Å². The van der Waals surface area contributed by atoms with Gasteiger partial charge in [0.1, 0.15) is 0 Å². The van der Waals surface area contributed by atoms with Crippen molar-refractivity contribution in [3.8, 4) is 17.2 Å². The second-order valence-electron chi connectivity index (χ2n) is 4.72. The summed E-state index contributed by atoms with van der Waals surface area (Å²) >= 11 is 0. The molecule has 1 rings (SSSR count). The van der Waals surface area contributed by atoms with Crippen LogP contribution in [0.15, 0.2) is 12.1 Å². The van der Waals surface area contributed by atoms with Gasteiger partial charge in [-0.05, 0) is 57.8 Å². The molecule has 1 aromatic rings. The molecule has 0 aliphatic rings. The molecular formula is C16H28N2O3. The maximum absolute atomic E-state index is 5.81. The van der Waals surface area contributed by atoms with E-state index in [1.807, 2.05) is 32.9 Å². The van der Waals surface area contributed by atoms with Crippen LogP contribution in [-0.4, -0.2) is 32.9 Å². The molecule has 0 aromatic heterocycles. The van der Waals surface area contributed by atoms with Crippen LogP contribution in [0.5, 0.6) is 17.2 Å². The summed E-state index contributed by atoms with van der Waals surface area (Å²) in [7, 11) is 0. The van der Waals surface area contributed by atoms with E-state index in [0.29, 0.717) is 44.4 Å². The first-order valence-corrected chi connectivity index (χ1v) is 7.66. The minimum Gasteiger partial charge on any atom is -0.490 e. The van der Waals surface area contributed by atoms with Crippen LogP contribution in [-0.2, 0) is 6.42 Å². The molecule has 120 valence electrons. The van der Waals surface area contributed by atoms with E-state index in [1.165, 1.54) is 0 Å². The lowest BCUT2D eigenvalue weighted by Crippen LogP contribution is -2.25. The Balaban J connectivity index is 3.19. The Morgan fingerprint density at radius 3 is 1.95 bits per heavy atom. The normalized spacial score (nSPS) is 10.8. The predicted molar refractivity (Wildman–Crippen MR) is 85.3 cm³/mol. The Kier molecular flexibility index (Phi) is 7.93. The van der Waals surface area contributed by atoms with E-state index in [4.69, 9.17) is 25.7 Å². The second kappa shape index (κ2) is 9.47. The lowest BCUT2D eigenvalue weighted by Gasteiger charge is -2.20. The number of hydrogen-bond donors (Lipinski definition) is 2. The molecule has 5 nitrogen and oxygen atoms in total. The molecule has 0 amide bonds. The minimum absolute atomic E-state index is 0.233. The van der Waals surface area contributed by atoms with Gasteiger partial charge in [-0.2, -0.15) is 0 Å². The van der Waals surface area contributed by atoms with Crippen molar-refractivity contribution >= 4 is 0 Å². The van der Waals surface area contributed by atoms with Crippen molar-refractivity contribution in [2.75, 3.05) is 32.9 Å². The molecule has 0 saturated heterocycles. The Hall–Kier alpha value is -1.46. The van der Waals surface area contributed by atoms with Crippen molar-refractivity contribution in [1.29, 1.82) is 0 Å². The van der Waals surface area contributed by atoms with E-state index >= 15 is 0 Å². The Labute approximate surface area is 127 Å². The van der Waals surface area contributed by atoms with Crippen molar-refractivity contribution in [2.24, 2.45) is 17.4 Å². The standard InChI is InChI=1S/C16H28N2O3/c1-4-19-14-8-7-13(9-12(10-17)11-18)15(20-5-2)16(14)21-6-3/h7-8,12H,4-6,9-11,17-18H2,1-3H3. The van der Waals surface area contributed by atoms with Crippen molar-refractivity contribution in [2.45, 2.75) is 27.2 Å². The SMILES string of the molecule is CCOc1ccc(CC(CN)CN)c(OCC)c1OCC. The molecule has 4 N–H and O–H groups in total. The maximum atomic E-state index is 5.81. The first-order valence-electron chi connectivity index (χ1n) is 7.66. The molecule has 0 aliphatic carbocycles. The van der Waals surface area contributed by atoms with Gasteiger partial charge in [-0.3, -0.25) is 0 Å². The zero-order chi connectivity index (χ0) is 15.7. The molecule has 1 aromatic carbocycles. The molecule has 5 heteroatoms. The average molecular weight is 296 g/mol. The quantitative estimate of drug-likeness (QED) is 0.690. The zero-order valence-corrected chi connectivity index (χ0v) is 13.4. The first-order chi connectivity index (χ1) is 10.2. The van der Waals surface area contributed by atoms with E-state index in [9.17, 15) is 0 Å². The van der Waals surface area contributed by atoms with E-state index in [1.54, 1.807) is 0 Å². The van der Waals surface area contributed by atoms with E-state index in [-0.39, 0.29) is 5.92 Å². The van der Waals surface area contributed by atoms with Crippen LogP contribution >= 0.6 is 0 Å². The summed E-state index contributed by atoms with van der Waals surface area (Å²) in [6.45, 7) is 8.66. The number of hydrogen-bond acceptors (Lipinski definition) is 5. The number of rotatable bonds is 10. The molecule has 0 bridgehead atoms. The lowest BCUT2D eigenvalue weighted by atomic mass is 9.98. The maximum Gasteiger partial charge on any atom is 0.203 e. The number of benzene rings is 1. The second-order valence-corrected chi connectivity index (χ2v) is 4.72. The van der Waals surface area contributed by atoms with Gasteiger partial charge in [-0.1, -0.05) is 6.07 Å². The number of nitrogens with two attached hydrogens (primary N) is 2. The van der Waals surface area contributed by atoms with Crippen LogP contribution in [0.4, 0.5) is 0 Å². The van der Waals surface area contributed by atoms with Crippen molar-refractivity contribution in [1.82, 2.24) is 0 Å². The predicted octanol–water partition coefficient (Wildman–Crippen LogP) is 1.96. The molecular weight excluding hydrogens is 268 g/mol. The topological polar surface area (TPSA) is 79.7 Å². The third-order valence-corrected chi connectivity index (χ3v) is 3.21. The zero-order valence-electron chi connectivity index (χ0n) is 13.4. The van der Waals surface area contributed by atoms with Crippen LogP contribution < -0.4 is 25.7 Å². The van der Waals surface area contributed by atoms with Gasteiger partial charge >= 0.3 is 0 Å². The molecule has 0 aliphatic heterocycles. The van der Waals surface area contributed by atoms with Gasteiger partial charge in [-0.25, -0.2) is 0 Å². The molecule has 0 fully saturated rings. The van der Waals surface area contributed by atoms with E-state index in [2.05, 4.69) is 0 Å².